The third-order valence-corrected chi connectivity index (χ3v) is 28.2. The first-order chi connectivity index (χ1) is 56.6. The maximum absolute atomic E-state index is 4.75. The number of pyridine rings is 1. The number of fused-ring (bicyclic) bond motifs is 18. The molecule has 0 saturated heterocycles. The van der Waals surface area contributed by atoms with E-state index < -0.39 is 0 Å². The molecule has 0 unspecified atom stereocenters. The highest BCUT2D eigenvalue weighted by molar-refractivity contribution is 7.26. The number of hydrogen-bond acceptors (Lipinski definition) is 4. The third kappa shape index (κ3) is 8.77. The first-order valence-electron chi connectivity index (χ1n) is 39.0. The van der Waals surface area contributed by atoms with E-state index >= 15 is 0 Å². The van der Waals surface area contributed by atoms with E-state index in [0.717, 1.165) is 5.82 Å². The van der Waals surface area contributed by atoms with Crippen LogP contribution in [0.2, 0.25) is 0 Å². The molecular weight excluding hydrogens is 1440 g/mol. The van der Waals surface area contributed by atoms with Crippen molar-refractivity contribution >= 4 is 192 Å². The Labute approximate surface area is 665 Å². The van der Waals surface area contributed by atoms with Crippen LogP contribution in [0.4, 0.5) is 0 Å². The molecule has 0 spiro atoms. The van der Waals surface area contributed by atoms with Gasteiger partial charge in [0.05, 0.1) is 33.1 Å². The van der Waals surface area contributed by atoms with Crippen molar-refractivity contribution in [2.24, 2.45) is 0 Å². The highest BCUT2D eigenvalue weighted by atomic mass is 32.1. The van der Waals surface area contributed by atoms with Crippen LogP contribution in [-0.2, 0) is 0 Å². The van der Waals surface area contributed by atoms with Crippen molar-refractivity contribution < 1.29 is 0 Å². The Morgan fingerprint density at radius 1 is 0.184 bits per heavy atom. The number of hydrogen-bond donors (Lipinski definition) is 0. The van der Waals surface area contributed by atoms with Crippen LogP contribution in [0.1, 0.15) is 0 Å². The summed E-state index contributed by atoms with van der Waals surface area (Å²) < 4.78 is 15.3. The van der Waals surface area contributed by atoms with Crippen molar-refractivity contribution in [3.05, 3.63) is 364 Å². The van der Waals surface area contributed by atoms with Gasteiger partial charge < -0.3 is 9.13 Å². The highest BCUT2D eigenvalue weighted by Gasteiger charge is 2.31. The van der Waals surface area contributed by atoms with E-state index in [1.165, 1.54) is 248 Å². The van der Waals surface area contributed by atoms with E-state index in [1.54, 1.807) is 0 Å². The number of thiophene rings is 3. The molecule has 25 aromatic rings. The van der Waals surface area contributed by atoms with Gasteiger partial charge >= 0.3 is 0 Å². The second-order valence-corrected chi connectivity index (χ2v) is 33.9. The minimum absolute atomic E-state index is 0.951. The lowest BCUT2D eigenvalue weighted by molar-refractivity contribution is 1.08. The normalized spacial score (nSPS) is 12.4. The molecule has 0 saturated carbocycles. The molecule has 526 valence electrons. The standard InChI is InChI=1S/C40H23NS.C34H19NS.C33H18N2S/c1-2-9-24(10-3-1)26-12-6-13-27(21-26)41-34-17-8-16-30-32-23-37-33(28-14-4-5-18-36(28)42-37)22-31(32)29-15-7-11-25-19-20-35(41)40(38(25)29)39(30)34;1-2-9-21(10-3-1)35-28-14-7-13-24-26-19-31-27(22-11-4-5-15-30(22)36-31)18-25(26)23-12-6-8-20-16-17-29(35)34(32(20)23)33(24)28;1-2-12-28-20(8-1)25-17-23-21-9-5-7-19-14-15-27-33(31(19)21)32-22(24(23)18-29(25)36-28)10-6-11-26(32)35(27)30-13-3-4-16-34-30/h1-23H;1-19H;1-18H. The molecule has 4 nitrogen and oxygen atoms in total. The van der Waals surface area contributed by atoms with Gasteiger partial charge in [-0.15, -0.1) is 34.0 Å². The van der Waals surface area contributed by atoms with Crippen molar-refractivity contribution in [1.29, 1.82) is 0 Å². The number of para-hydroxylation sites is 1. The molecule has 7 heteroatoms. The van der Waals surface area contributed by atoms with Crippen LogP contribution >= 0.6 is 34.0 Å². The summed E-state index contributed by atoms with van der Waals surface area (Å²) in [4.78, 5) is 4.75. The third-order valence-electron chi connectivity index (χ3n) is 24.8. The quantitative estimate of drug-likeness (QED) is 0.173. The Morgan fingerprint density at radius 2 is 0.518 bits per heavy atom. The molecule has 0 atom stereocenters. The maximum Gasteiger partial charge on any atom is 0.137 e. The van der Waals surface area contributed by atoms with Crippen LogP contribution in [0.5, 0.6) is 0 Å². The zero-order valence-corrected chi connectivity index (χ0v) is 63.6. The number of rotatable bonds is 4. The van der Waals surface area contributed by atoms with Crippen LogP contribution in [0.3, 0.4) is 0 Å². The largest absolute Gasteiger partial charge is 0.309 e. The average molecular weight is 1500 g/mol. The summed E-state index contributed by atoms with van der Waals surface area (Å²) in [6.07, 6.45) is 1.88. The molecule has 0 N–H and O–H groups in total. The fraction of sp³-hybridized carbons (Fsp3) is 0. The van der Waals surface area contributed by atoms with Gasteiger partial charge in [-0.25, -0.2) is 4.98 Å². The molecule has 0 radical (unpaired) electrons. The van der Waals surface area contributed by atoms with Gasteiger partial charge in [0.15, 0.2) is 0 Å². The maximum atomic E-state index is 4.75. The molecule has 28 rings (SSSR count). The Balaban J connectivity index is 0.0000000945. The highest BCUT2D eigenvalue weighted by Crippen LogP contribution is 2.57. The van der Waals surface area contributed by atoms with E-state index in [1.807, 2.05) is 46.3 Å². The topological polar surface area (TPSA) is 27.7 Å². The first-order valence-corrected chi connectivity index (χ1v) is 41.5. The van der Waals surface area contributed by atoms with Gasteiger partial charge in [0.2, 0.25) is 0 Å². The van der Waals surface area contributed by atoms with Gasteiger partial charge in [0.1, 0.15) is 5.82 Å². The Kier molecular flexibility index (Phi) is 13.1. The fourth-order valence-electron chi connectivity index (χ4n) is 20.1. The first kappa shape index (κ1) is 62.7. The van der Waals surface area contributed by atoms with Crippen molar-refractivity contribution in [3.8, 4) is 95.1 Å². The summed E-state index contributed by atoms with van der Waals surface area (Å²) in [7, 11) is 0. The second kappa shape index (κ2) is 23.7. The summed E-state index contributed by atoms with van der Waals surface area (Å²) in [6, 6.07) is 132. The van der Waals surface area contributed by atoms with E-state index in [4.69, 9.17) is 4.98 Å². The molecule has 3 aliphatic rings. The molecule has 0 amide bonds. The van der Waals surface area contributed by atoms with E-state index in [2.05, 4.69) is 366 Å². The van der Waals surface area contributed by atoms with E-state index in [9.17, 15) is 0 Å². The van der Waals surface area contributed by atoms with Crippen LogP contribution in [0.15, 0.2) is 364 Å². The molecule has 7 heterocycles. The zero-order valence-electron chi connectivity index (χ0n) is 61.2. The smallest absolute Gasteiger partial charge is 0.137 e. The fourth-order valence-corrected chi connectivity index (χ4v) is 23.5. The minimum atomic E-state index is 0.951. The molecule has 3 aliphatic carbocycles. The lowest BCUT2D eigenvalue weighted by Gasteiger charge is -2.15. The summed E-state index contributed by atoms with van der Waals surface area (Å²) in [5, 5.41) is 24.0. The second-order valence-electron chi connectivity index (χ2n) is 30.6. The number of aromatic nitrogens is 4. The zero-order chi connectivity index (χ0) is 74.1. The molecule has 0 bridgehead atoms. The molecule has 7 aromatic heterocycles. The predicted octanol–water partition coefficient (Wildman–Crippen LogP) is 30.9. The van der Waals surface area contributed by atoms with Crippen molar-refractivity contribution in [2.45, 2.75) is 0 Å². The van der Waals surface area contributed by atoms with Gasteiger partial charge in [-0.3, -0.25) is 4.57 Å². The minimum Gasteiger partial charge on any atom is -0.309 e. The molecular formula is C107H60N4S3. The van der Waals surface area contributed by atoms with Gasteiger partial charge in [-0.1, -0.05) is 231 Å². The Bertz CT molecular complexity index is 8220. The number of nitrogens with zero attached hydrogens (tertiary/aromatic N) is 4. The van der Waals surface area contributed by atoms with Crippen molar-refractivity contribution in [1.82, 2.24) is 18.7 Å². The molecule has 0 aliphatic heterocycles. The van der Waals surface area contributed by atoms with Crippen molar-refractivity contribution in [3.63, 3.8) is 0 Å². The molecule has 0 fully saturated rings. The van der Waals surface area contributed by atoms with Crippen LogP contribution in [-0.4, -0.2) is 18.7 Å². The van der Waals surface area contributed by atoms with E-state index in [-0.39, 0.29) is 0 Å². The lowest BCUT2D eigenvalue weighted by Crippen LogP contribution is -1.97. The summed E-state index contributed by atoms with van der Waals surface area (Å²) >= 11 is 5.68. The van der Waals surface area contributed by atoms with E-state index in [0.29, 0.717) is 0 Å². The van der Waals surface area contributed by atoms with Gasteiger partial charge in [-0.2, -0.15) is 0 Å². The van der Waals surface area contributed by atoms with Gasteiger partial charge in [0.25, 0.3) is 0 Å². The predicted molar refractivity (Wildman–Crippen MR) is 490 cm³/mol. The summed E-state index contributed by atoms with van der Waals surface area (Å²) in [5.41, 5.74) is 28.1. The van der Waals surface area contributed by atoms with Crippen molar-refractivity contribution in [2.75, 3.05) is 0 Å². The van der Waals surface area contributed by atoms with Crippen LogP contribution in [0.25, 0.3) is 253 Å². The summed E-state index contributed by atoms with van der Waals surface area (Å²) in [6.45, 7) is 0. The lowest BCUT2D eigenvalue weighted by atomic mass is 9.92. The van der Waals surface area contributed by atoms with Crippen LogP contribution < -0.4 is 0 Å². The SMILES string of the molecule is c1ccc(-c2cccc(-n3c4cccc5c4c4c6c(cccc6ccc43)-c3cc4c(cc3-5)sc3ccccc34)c2)cc1.c1ccc(-n2c3cccc4c3c3c5c(cccc5ccc32)-c2cc3c(cc2-4)sc2ccccc23)cc1.c1ccc(-n2c3cccc4c3c3c5c(cccc5ccc32)-c2cc3c(cc2-4)sc2ccccc23)nc1. The van der Waals surface area contributed by atoms with Gasteiger partial charge in [-0.05, 0) is 238 Å². The number of benzene rings is 18. The Hall–Kier alpha value is -14.1. The molecule has 18 aromatic carbocycles. The molecule has 114 heavy (non-hydrogen) atoms. The van der Waals surface area contributed by atoms with Gasteiger partial charge in [0, 0.05) is 110 Å². The summed E-state index contributed by atoms with van der Waals surface area (Å²) in [5.74, 6) is 0.951. The average Bonchev–Trinajstić information content (AvgIpc) is 1.55. The van der Waals surface area contributed by atoms with Crippen LogP contribution in [0, 0.1) is 0 Å². The monoisotopic (exact) mass is 1500 g/mol. The Morgan fingerprint density at radius 3 is 0.956 bits per heavy atom.